The summed E-state index contributed by atoms with van der Waals surface area (Å²) >= 11 is 1.21. The molecular weight excluding hydrogens is 392 g/mol. The summed E-state index contributed by atoms with van der Waals surface area (Å²) in [7, 11) is 0. The molecule has 4 aromatic rings. The molecule has 1 N–H and O–H groups in total. The minimum absolute atomic E-state index is 0.249. The van der Waals surface area contributed by atoms with E-state index in [-0.39, 0.29) is 5.56 Å². The number of hydrogen-bond acceptors (Lipinski definition) is 7. The van der Waals surface area contributed by atoms with Crippen molar-refractivity contribution in [2.45, 2.75) is 0 Å². The monoisotopic (exact) mass is 406 g/mol. The number of furan rings is 1. The van der Waals surface area contributed by atoms with E-state index in [1.165, 1.54) is 17.6 Å². The van der Waals surface area contributed by atoms with E-state index in [1.54, 1.807) is 60.0 Å². The zero-order chi connectivity index (χ0) is 20.2. The van der Waals surface area contributed by atoms with Gasteiger partial charge in [0.05, 0.1) is 22.2 Å². The van der Waals surface area contributed by atoms with E-state index in [9.17, 15) is 14.4 Å². The lowest BCUT2D eigenvalue weighted by atomic mass is 10.1. The summed E-state index contributed by atoms with van der Waals surface area (Å²) in [5.41, 5.74) is 1.31. The highest BCUT2D eigenvalue weighted by atomic mass is 32.1. The standard InChI is InChI=1S/C21H14N2O5S/c24-19(23-20(25)18-8-4-10-29-18)12-28-21(26)14-11-16(17-7-3-9-27-17)22-15-6-2-1-5-13(14)15/h1-11H,12H2,(H,23,24,25). The summed E-state index contributed by atoms with van der Waals surface area (Å²) in [6.07, 6.45) is 1.51. The van der Waals surface area contributed by atoms with Crippen LogP contribution in [-0.2, 0) is 9.53 Å². The molecule has 2 amide bonds. The van der Waals surface area contributed by atoms with E-state index in [0.717, 1.165) is 0 Å². The fourth-order valence-corrected chi connectivity index (χ4v) is 3.35. The van der Waals surface area contributed by atoms with E-state index in [1.807, 2.05) is 0 Å². The zero-order valence-electron chi connectivity index (χ0n) is 15.0. The SMILES string of the molecule is O=C(COC(=O)c1cc(-c2ccco2)nc2ccccc12)NC(=O)c1cccs1. The molecule has 0 fully saturated rings. The van der Waals surface area contributed by atoms with Gasteiger partial charge in [-0.05, 0) is 35.7 Å². The number of amides is 2. The third-order valence-electron chi connectivity index (χ3n) is 4.04. The maximum atomic E-state index is 12.7. The number of carbonyl (C=O) groups excluding carboxylic acids is 3. The Morgan fingerprint density at radius 2 is 1.93 bits per heavy atom. The fraction of sp³-hybridized carbons (Fsp3) is 0.0476. The first-order chi connectivity index (χ1) is 14.1. The minimum Gasteiger partial charge on any atom is -0.463 e. The van der Waals surface area contributed by atoms with Crippen LogP contribution in [0.5, 0.6) is 0 Å². The van der Waals surface area contributed by atoms with Crippen LogP contribution in [0, 0.1) is 0 Å². The van der Waals surface area contributed by atoms with Crippen LogP contribution in [0.3, 0.4) is 0 Å². The number of thiophene rings is 1. The molecule has 4 rings (SSSR count). The topological polar surface area (TPSA) is 98.5 Å². The molecule has 0 atom stereocenters. The average Bonchev–Trinajstić information content (AvgIpc) is 3.45. The first kappa shape index (κ1) is 18.6. The predicted molar refractivity (Wildman–Crippen MR) is 107 cm³/mol. The molecule has 0 bridgehead atoms. The smallest absolute Gasteiger partial charge is 0.339 e. The molecule has 0 saturated carbocycles. The summed E-state index contributed by atoms with van der Waals surface area (Å²) in [5.74, 6) is -1.43. The highest BCUT2D eigenvalue weighted by molar-refractivity contribution is 7.12. The number of rotatable bonds is 5. The van der Waals surface area contributed by atoms with Crippen molar-refractivity contribution in [2.24, 2.45) is 0 Å². The van der Waals surface area contributed by atoms with Gasteiger partial charge in [-0.1, -0.05) is 24.3 Å². The van der Waals surface area contributed by atoms with Crippen molar-refractivity contribution in [3.8, 4) is 11.5 Å². The quantitative estimate of drug-likeness (QED) is 0.508. The molecule has 29 heavy (non-hydrogen) atoms. The Kier molecular flexibility index (Phi) is 5.17. The van der Waals surface area contributed by atoms with E-state index in [4.69, 9.17) is 9.15 Å². The average molecular weight is 406 g/mol. The van der Waals surface area contributed by atoms with Crippen molar-refractivity contribution in [1.82, 2.24) is 10.3 Å². The molecule has 1 aromatic carbocycles. The van der Waals surface area contributed by atoms with Gasteiger partial charge in [0.25, 0.3) is 11.8 Å². The first-order valence-electron chi connectivity index (χ1n) is 8.60. The molecule has 0 aliphatic carbocycles. The molecular formula is C21H14N2O5S. The summed E-state index contributed by atoms with van der Waals surface area (Å²) in [6, 6.07) is 15.4. The zero-order valence-corrected chi connectivity index (χ0v) is 15.8. The molecule has 3 heterocycles. The molecule has 0 aliphatic rings. The van der Waals surface area contributed by atoms with Gasteiger partial charge in [0.15, 0.2) is 12.4 Å². The van der Waals surface area contributed by atoms with Crippen LogP contribution in [0.15, 0.2) is 70.7 Å². The normalized spacial score (nSPS) is 10.6. The van der Waals surface area contributed by atoms with E-state index >= 15 is 0 Å². The molecule has 0 radical (unpaired) electrons. The maximum absolute atomic E-state index is 12.7. The van der Waals surface area contributed by atoms with Crippen LogP contribution >= 0.6 is 11.3 Å². The Bertz CT molecular complexity index is 1180. The number of para-hydroxylation sites is 1. The Balaban J connectivity index is 1.52. The minimum atomic E-state index is -0.707. The number of aromatic nitrogens is 1. The fourth-order valence-electron chi connectivity index (χ4n) is 2.74. The summed E-state index contributed by atoms with van der Waals surface area (Å²) < 4.78 is 10.5. The second-order valence-electron chi connectivity index (χ2n) is 5.98. The number of benzene rings is 1. The van der Waals surface area contributed by atoms with Gasteiger partial charge >= 0.3 is 5.97 Å². The number of ether oxygens (including phenoxy) is 1. The lowest BCUT2D eigenvalue weighted by molar-refractivity contribution is -0.123. The summed E-state index contributed by atoms with van der Waals surface area (Å²) in [6.45, 7) is -0.581. The van der Waals surface area contributed by atoms with Crippen LogP contribution in [0.2, 0.25) is 0 Å². The van der Waals surface area contributed by atoms with Gasteiger partial charge in [-0.3, -0.25) is 14.9 Å². The number of hydrogen-bond donors (Lipinski definition) is 1. The van der Waals surface area contributed by atoms with E-state index in [2.05, 4.69) is 10.3 Å². The molecule has 7 nitrogen and oxygen atoms in total. The van der Waals surface area contributed by atoms with Gasteiger partial charge in [0.1, 0.15) is 5.69 Å². The summed E-state index contributed by atoms with van der Waals surface area (Å²) in [4.78, 5) is 41.4. The molecule has 0 aliphatic heterocycles. The van der Waals surface area contributed by atoms with Crippen molar-refractivity contribution in [2.75, 3.05) is 6.61 Å². The lowest BCUT2D eigenvalue weighted by Crippen LogP contribution is -2.33. The van der Waals surface area contributed by atoms with Crippen LogP contribution < -0.4 is 5.32 Å². The molecule has 0 unspecified atom stereocenters. The molecule has 0 saturated heterocycles. The van der Waals surface area contributed by atoms with Gasteiger partial charge in [-0.2, -0.15) is 0 Å². The van der Waals surface area contributed by atoms with Crippen molar-refractivity contribution in [3.63, 3.8) is 0 Å². The van der Waals surface area contributed by atoms with Crippen molar-refractivity contribution in [3.05, 3.63) is 76.7 Å². The van der Waals surface area contributed by atoms with Crippen molar-refractivity contribution >= 4 is 40.0 Å². The first-order valence-corrected chi connectivity index (χ1v) is 9.48. The molecule has 0 spiro atoms. The molecule has 3 aromatic heterocycles. The number of fused-ring (bicyclic) bond motifs is 1. The van der Waals surface area contributed by atoms with Gasteiger partial charge in [-0.15, -0.1) is 11.3 Å². The predicted octanol–water partition coefficient (Wildman–Crippen LogP) is 3.67. The summed E-state index contributed by atoms with van der Waals surface area (Å²) in [5, 5.41) is 4.50. The van der Waals surface area contributed by atoms with Gasteiger partial charge in [0, 0.05) is 5.39 Å². The van der Waals surface area contributed by atoms with Crippen molar-refractivity contribution in [1.29, 1.82) is 0 Å². The second-order valence-corrected chi connectivity index (χ2v) is 6.93. The third-order valence-corrected chi connectivity index (χ3v) is 4.91. The lowest BCUT2D eigenvalue weighted by Gasteiger charge is -2.09. The highest BCUT2D eigenvalue weighted by Gasteiger charge is 2.18. The van der Waals surface area contributed by atoms with Crippen LogP contribution in [0.1, 0.15) is 20.0 Å². The number of nitrogens with zero attached hydrogens (tertiary/aromatic N) is 1. The largest absolute Gasteiger partial charge is 0.463 e. The maximum Gasteiger partial charge on any atom is 0.339 e. The Labute approximate surface area is 168 Å². The van der Waals surface area contributed by atoms with Gasteiger partial charge in [0.2, 0.25) is 0 Å². The van der Waals surface area contributed by atoms with Crippen LogP contribution in [0.4, 0.5) is 0 Å². The highest BCUT2D eigenvalue weighted by Crippen LogP contribution is 2.25. The third kappa shape index (κ3) is 4.07. The van der Waals surface area contributed by atoms with E-state index in [0.29, 0.717) is 27.2 Å². The number of imide groups is 1. The second kappa shape index (κ2) is 8.07. The van der Waals surface area contributed by atoms with Crippen LogP contribution in [-0.4, -0.2) is 29.4 Å². The number of pyridine rings is 1. The van der Waals surface area contributed by atoms with Gasteiger partial charge < -0.3 is 9.15 Å². The van der Waals surface area contributed by atoms with Crippen LogP contribution in [0.25, 0.3) is 22.4 Å². The number of carbonyl (C=O) groups is 3. The number of esters is 1. The Morgan fingerprint density at radius 1 is 1.07 bits per heavy atom. The Hall–Kier alpha value is -3.78. The van der Waals surface area contributed by atoms with E-state index < -0.39 is 24.4 Å². The Morgan fingerprint density at radius 3 is 2.69 bits per heavy atom. The van der Waals surface area contributed by atoms with Crippen molar-refractivity contribution < 1.29 is 23.5 Å². The van der Waals surface area contributed by atoms with Gasteiger partial charge in [-0.25, -0.2) is 9.78 Å². The number of nitrogens with one attached hydrogen (secondary N) is 1. The molecule has 8 heteroatoms. The molecule has 144 valence electrons.